The number of carboxylic acids is 1. The van der Waals surface area contributed by atoms with E-state index in [0.29, 0.717) is 27.6 Å². The first-order valence-electron chi connectivity index (χ1n) is 7.88. The Morgan fingerprint density at radius 2 is 2.00 bits per heavy atom. The maximum atomic E-state index is 12.5. The summed E-state index contributed by atoms with van der Waals surface area (Å²) in [6, 6.07) is 2.57. The van der Waals surface area contributed by atoms with Crippen LogP contribution in [0.3, 0.4) is 0 Å². The van der Waals surface area contributed by atoms with E-state index in [2.05, 4.69) is 9.72 Å². The molecule has 3 aromatic rings. The van der Waals surface area contributed by atoms with Gasteiger partial charge in [0.15, 0.2) is 0 Å². The van der Waals surface area contributed by atoms with Crippen LogP contribution in [0.2, 0.25) is 10.2 Å². The van der Waals surface area contributed by atoms with E-state index in [-0.39, 0.29) is 27.9 Å². The van der Waals surface area contributed by atoms with Crippen LogP contribution in [0.1, 0.15) is 27.0 Å². The topological polar surface area (TPSA) is 64.3 Å². The summed E-state index contributed by atoms with van der Waals surface area (Å²) in [6.45, 7) is 1.66. The van der Waals surface area contributed by atoms with Crippen LogP contribution in [0.4, 0.5) is 13.2 Å². The summed E-state index contributed by atoms with van der Waals surface area (Å²) in [6.07, 6.45) is -1.84. The Labute approximate surface area is 167 Å². The van der Waals surface area contributed by atoms with Gasteiger partial charge in [0, 0.05) is 42.9 Å². The van der Waals surface area contributed by atoms with E-state index < -0.39 is 12.3 Å². The molecule has 0 unspecified atom stereocenters. The van der Waals surface area contributed by atoms with Crippen molar-refractivity contribution in [3.05, 3.63) is 57.0 Å². The first-order valence-corrected chi connectivity index (χ1v) is 8.64. The molecule has 2 heterocycles. The predicted octanol–water partition coefficient (Wildman–Crippen LogP) is 5.38. The van der Waals surface area contributed by atoms with Crippen molar-refractivity contribution in [3.8, 4) is 5.75 Å². The lowest BCUT2D eigenvalue weighted by Gasteiger charge is -2.12. The van der Waals surface area contributed by atoms with Crippen LogP contribution in [-0.4, -0.2) is 27.0 Å². The van der Waals surface area contributed by atoms with Gasteiger partial charge in [-0.2, -0.15) is 0 Å². The van der Waals surface area contributed by atoms with Crippen LogP contribution in [-0.2, 0) is 13.5 Å². The molecule has 0 aliphatic rings. The van der Waals surface area contributed by atoms with E-state index in [1.54, 1.807) is 24.7 Å². The van der Waals surface area contributed by atoms with Gasteiger partial charge in [0.05, 0.1) is 16.1 Å². The van der Waals surface area contributed by atoms with Gasteiger partial charge >= 0.3 is 12.3 Å². The molecular weight excluding hydrogens is 420 g/mol. The molecule has 0 amide bonds. The Kier molecular flexibility index (Phi) is 5.20. The Morgan fingerprint density at radius 3 is 2.61 bits per heavy atom. The molecule has 0 fully saturated rings. The maximum Gasteiger partial charge on any atom is 0.573 e. The first kappa shape index (κ1) is 20.3. The van der Waals surface area contributed by atoms with Gasteiger partial charge in [0.1, 0.15) is 10.9 Å². The SMILES string of the molecule is Cc1cc(OC(F)(F)F)cc2c1c(Cc1c(Cl)ncc(C(=O)O)c1Cl)cn2C. The van der Waals surface area contributed by atoms with E-state index in [1.165, 1.54) is 12.1 Å². The summed E-state index contributed by atoms with van der Waals surface area (Å²) in [5, 5.41) is 9.94. The van der Waals surface area contributed by atoms with Gasteiger partial charge in [-0.15, -0.1) is 13.2 Å². The lowest BCUT2D eigenvalue weighted by atomic mass is 10.0. The Balaban J connectivity index is 2.11. The van der Waals surface area contributed by atoms with Crippen LogP contribution in [0.15, 0.2) is 24.5 Å². The molecule has 5 nitrogen and oxygen atoms in total. The number of carboxylic acid groups (broad SMARTS) is 1. The second-order valence-electron chi connectivity index (χ2n) is 6.18. The molecule has 0 saturated heterocycles. The number of pyridine rings is 1. The Morgan fingerprint density at radius 1 is 1.32 bits per heavy atom. The second kappa shape index (κ2) is 7.18. The Bertz CT molecular complexity index is 1090. The largest absolute Gasteiger partial charge is 0.573 e. The Hall–Kier alpha value is -2.45. The van der Waals surface area contributed by atoms with E-state index in [1.807, 2.05) is 0 Å². The van der Waals surface area contributed by atoms with Gasteiger partial charge in [-0.3, -0.25) is 0 Å². The normalized spacial score (nSPS) is 11.8. The minimum Gasteiger partial charge on any atom is -0.478 e. The van der Waals surface area contributed by atoms with Crippen molar-refractivity contribution < 1.29 is 27.8 Å². The van der Waals surface area contributed by atoms with Crippen molar-refractivity contribution in [2.24, 2.45) is 7.05 Å². The second-order valence-corrected chi connectivity index (χ2v) is 6.92. The van der Waals surface area contributed by atoms with E-state index in [0.717, 1.165) is 6.20 Å². The lowest BCUT2D eigenvalue weighted by Crippen LogP contribution is -2.17. The predicted molar refractivity (Wildman–Crippen MR) is 98.4 cm³/mol. The van der Waals surface area contributed by atoms with Crippen molar-refractivity contribution in [2.75, 3.05) is 0 Å². The van der Waals surface area contributed by atoms with Gasteiger partial charge in [-0.25, -0.2) is 9.78 Å². The highest BCUT2D eigenvalue weighted by atomic mass is 35.5. The smallest absolute Gasteiger partial charge is 0.478 e. The minimum atomic E-state index is -4.79. The zero-order valence-corrected chi connectivity index (χ0v) is 16.1. The molecule has 0 spiro atoms. The maximum absolute atomic E-state index is 12.5. The number of aromatic carboxylic acids is 1. The lowest BCUT2D eigenvalue weighted by molar-refractivity contribution is -0.274. The molecule has 1 N–H and O–H groups in total. The van der Waals surface area contributed by atoms with Crippen LogP contribution in [0, 0.1) is 6.92 Å². The third-order valence-corrected chi connectivity index (χ3v) is 4.98. The molecular formula is C18H13Cl2F3N2O3. The molecule has 0 saturated carbocycles. The summed E-state index contributed by atoms with van der Waals surface area (Å²) in [4.78, 5) is 15.2. The number of ether oxygens (including phenoxy) is 1. The number of fused-ring (bicyclic) bond motifs is 1. The highest BCUT2D eigenvalue weighted by Gasteiger charge is 2.31. The monoisotopic (exact) mass is 432 g/mol. The quantitative estimate of drug-likeness (QED) is 0.562. The van der Waals surface area contributed by atoms with Crippen LogP contribution >= 0.6 is 23.2 Å². The fraction of sp³-hybridized carbons (Fsp3) is 0.222. The minimum absolute atomic E-state index is 0.0285. The number of rotatable bonds is 4. The molecule has 2 aromatic heterocycles. The van der Waals surface area contributed by atoms with Crippen molar-refractivity contribution >= 4 is 40.1 Å². The van der Waals surface area contributed by atoms with Crippen molar-refractivity contribution in [1.82, 2.24) is 9.55 Å². The molecule has 3 rings (SSSR count). The molecule has 148 valence electrons. The third-order valence-electron chi connectivity index (χ3n) is 4.23. The average molecular weight is 433 g/mol. The molecule has 0 bridgehead atoms. The van der Waals surface area contributed by atoms with Crippen LogP contribution in [0.25, 0.3) is 10.9 Å². The van der Waals surface area contributed by atoms with Crippen LogP contribution < -0.4 is 4.74 Å². The number of alkyl halides is 3. The van der Waals surface area contributed by atoms with E-state index >= 15 is 0 Å². The van der Waals surface area contributed by atoms with Gasteiger partial charge < -0.3 is 14.4 Å². The van der Waals surface area contributed by atoms with Gasteiger partial charge in [0.25, 0.3) is 0 Å². The summed E-state index contributed by atoms with van der Waals surface area (Å²) < 4.78 is 43.3. The number of aryl methyl sites for hydroxylation is 2. The first-order chi connectivity index (χ1) is 13.0. The zero-order valence-electron chi connectivity index (χ0n) is 14.6. The van der Waals surface area contributed by atoms with Crippen molar-refractivity contribution in [3.63, 3.8) is 0 Å². The van der Waals surface area contributed by atoms with Gasteiger partial charge in [0.2, 0.25) is 0 Å². The molecule has 10 heteroatoms. The molecule has 0 radical (unpaired) electrons. The molecule has 28 heavy (non-hydrogen) atoms. The molecule has 0 aliphatic carbocycles. The number of aromatic nitrogens is 2. The fourth-order valence-electron chi connectivity index (χ4n) is 3.13. The number of hydrogen-bond donors (Lipinski definition) is 1. The van der Waals surface area contributed by atoms with E-state index in [4.69, 9.17) is 23.2 Å². The van der Waals surface area contributed by atoms with Gasteiger partial charge in [-0.1, -0.05) is 23.2 Å². The number of halogens is 5. The van der Waals surface area contributed by atoms with Crippen LogP contribution in [0.5, 0.6) is 5.75 Å². The van der Waals surface area contributed by atoms with Gasteiger partial charge in [-0.05, 0) is 24.1 Å². The zero-order chi connectivity index (χ0) is 20.8. The summed E-state index contributed by atoms with van der Waals surface area (Å²) in [5.41, 5.74) is 1.93. The highest BCUT2D eigenvalue weighted by Crippen LogP contribution is 2.35. The number of hydrogen-bond acceptors (Lipinski definition) is 3. The fourth-order valence-corrected chi connectivity index (χ4v) is 3.67. The highest BCUT2D eigenvalue weighted by molar-refractivity contribution is 6.37. The summed E-state index contributed by atoms with van der Waals surface area (Å²) >= 11 is 12.3. The third kappa shape index (κ3) is 3.88. The van der Waals surface area contributed by atoms with Crippen molar-refractivity contribution in [1.29, 1.82) is 0 Å². The number of benzene rings is 1. The van der Waals surface area contributed by atoms with Crippen molar-refractivity contribution in [2.45, 2.75) is 19.7 Å². The standard InChI is InChI=1S/C18H13Cl2F3N2O3/c1-8-3-10(28-18(21,22)23)5-13-14(8)9(7-25(13)2)4-11-15(19)12(17(26)27)6-24-16(11)20/h3,5-7H,4H2,1-2H3,(H,26,27). The average Bonchev–Trinajstić information content (AvgIpc) is 2.86. The van der Waals surface area contributed by atoms with E-state index in [9.17, 15) is 23.1 Å². The summed E-state index contributed by atoms with van der Waals surface area (Å²) in [7, 11) is 1.68. The molecule has 1 aromatic carbocycles. The number of nitrogens with zero attached hydrogens (tertiary/aromatic N) is 2. The summed E-state index contributed by atoms with van der Waals surface area (Å²) in [5.74, 6) is -1.56. The molecule has 0 aliphatic heterocycles. The number of carbonyl (C=O) groups is 1. The molecule has 0 atom stereocenters.